The van der Waals surface area contributed by atoms with Crippen LogP contribution in [0.5, 0.6) is 5.75 Å². The summed E-state index contributed by atoms with van der Waals surface area (Å²) in [5, 5.41) is 3.33. The van der Waals surface area contributed by atoms with Crippen molar-refractivity contribution in [1.82, 2.24) is 9.97 Å². The Morgan fingerprint density at radius 2 is 2.00 bits per heavy atom. The molecule has 1 N–H and O–H groups in total. The number of aromatic nitrogens is 2. The summed E-state index contributed by atoms with van der Waals surface area (Å²) in [7, 11) is 1.54. The van der Waals surface area contributed by atoms with E-state index in [4.69, 9.17) is 16.3 Å². The van der Waals surface area contributed by atoms with Gasteiger partial charge in [0.2, 0.25) is 5.95 Å². The van der Waals surface area contributed by atoms with E-state index >= 15 is 0 Å². The van der Waals surface area contributed by atoms with E-state index in [0.29, 0.717) is 22.4 Å². The normalized spacial score (nSPS) is 12.6. The van der Waals surface area contributed by atoms with Gasteiger partial charge in [0.05, 0.1) is 12.8 Å². The zero-order valence-electron chi connectivity index (χ0n) is 15.6. The number of aryl methyl sites for hydroxylation is 1. The Bertz CT molecular complexity index is 1050. The van der Waals surface area contributed by atoms with Gasteiger partial charge in [0.15, 0.2) is 0 Å². The minimum Gasteiger partial charge on any atom is -0.495 e. The molecule has 0 atom stereocenters. The van der Waals surface area contributed by atoms with Crippen molar-refractivity contribution in [3.63, 3.8) is 0 Å². The number of methoxy groups -OCH3 is 1. The predicted octanol–water partition coefficient (Wildman–Crippen LogP) is 4.39. The summed E-state index contributed by atoms with van der Waals surface area (Å²) in [5.74, 6) is 0.699. The van der Waals surface area contributed by atoms with Gasteiger partial charge in [0.1, 0.15) is 11.4 Å². The highest BCUT2D eigenvalue weighted by Gasteiger charge is 2.23. The number of para-hydroxylation sites is 1. The average Bonchev–Trinajstić information content (AvgIpc) is 3.12. The van der Waals surface area contributed by atoms with Crippen molar-refractivity contribution in [2.45, 2.75) is 13.3 Å². The fourth-order valence-electron chi connectivity index (χ4n) is 3.30. The zero-order valence-corrected chi connectivity index (χ0v) is 16.3. The summed E-state index contributed by atoms with van der Waals surface area (Å²) in [4.78, 5) is 23.9. The summed E-state index contributed by atoms with van der Waals surface area (Å²) in [6, 6.07) is 14.9. The monoisotopic (exact) mass is 394 g/mol. The van der Waals surface area contributed by atoms with Crippen LogP contribution in [0.1, 0.15) is 21.7 Å². The molecule has 1 amide bonds. The van der Waals surface area contributed by atoms with Crippen molar-refractivity contribution in [3.05, 3.63) is 70.5 Å². The lowest BCUT2D eigenvalue weighted by Crippen LogP contribution is -2.21. The number of benzene rings is 2. The molecular weight excluding hydrogens is 376 g/mol. The molecule has 0 aliphatic carbocycles. The van der Waals surface area contributed by atoms with E-state index in [9.17, 15) is 4.79 Å². The molecule has 0 fully saturated rings. The molecule has 0 spiro atoms. The van der Waals surface area contributed by atoms with Gasteiger partial charge in [0, 0.05) is 22.9 Å². The van der Waals surface area contributed by atoms with Gasteiger partial charge in [-0.1, -0.05) is 29.8 Å². The largest absolute Gasteiger partial charge is 0.495 e. The van der Waals surface area contributed by atoms with Crippen molar-refractivity contribution in [1.29, 1.82) is 0 Å². The fraction of sp³-hybridized carbons (Fsp3) is 0.190. The molecular formula is C21H19ClN4O2. The second-order valence-electron chi connectivity index (χ2n) is 6.52. The third-order valence-corrected chi connectivity index (χ3v) is 4.85. The molecule has 2 aromatic carbocycles. The van der Waals surface area contributed by atoms with Crippen LogP contribution in [0.15, 0.2) is 48.5 Å². The van der Waals surface area contributed by atoms with Crippen LogP contribution >= 0.6 is 11.6 Å². The van der Waals surface area contributed by atoms with E-state index in [-0.39, 0.29) is 11.6 Å². The van der Waals surface area contributed by atoms with Gasteiger partial charge < -0.3 is 15.0 Å². The molecule has 4 rings (SSSR count). The van der Waals surface area contributed by atoms with E-state index < -0.39 is 0 Å². The summed E-state index contributed by atoms with van der Waals surface area (Å²) in [5.41, 5.74) is 3.83. The Kier molecular flexibility index (Phi) is 4.88. The van der Waals surface area contributed by atoms with Crippen LogP contribution in [-0.4, -0.2) is 29.5 Å². The maximum absolute atomic E-state index is 12.8. The first kappa shape index (κ1) is 18.3. The Hall–Kier alpha value is -3.12. The number of amides is 1. The summed E-state index contributed by atoms with van der Waals surface area (Å²) in [6.07, 6.45) is 0.925. The first-order valence-corrected chi connectivity index (χ1v) is 9.29. The second kappa shape index (κ2) is 7.48. The van der Waals surface area contributed by atoms with Crippen LogP contribution in [0.4, 0.5) is 17.3 Å². The lowest BCUT2D eigenvalue weighted by molar-refractivity contribution is 0.102. The van der Waals surface area contributed by atoms with Crippen LogP contribution in [0, 0.1) is 6.92 Å². The molecule has 1 aliphatic rings. The SMILES string of the molecule is COc1ccc(Cl)cc1NC(=O)c1cc(C)nc(N2CCc3ccccc32)n1. The van der Waals surface area contributed by atoms with Crippen molar-refractivity contribution < 1.29 is 9.53 Å². The van der Waals surface area contributed by atoms with Crippen molar-refractivity contribution in [2.75, 3.05) is 23.9 Å². The van der Waals surface area contributed by atoms with Gasteiger partial charge in [0.25, 0.3) is 5.91 Å². The fourth-order valence-corrected chi connectivity index (χ4v) is 3.47. The van der Waals surface area contributed by atoms with Gasteiger partial charge in [-0.25, -0.2) is 9.97 Å². The number of carbonyl (C=O) groups is 1. The molecule has 2 heterocycles. The van der Waals surface area contributed by atoms with Gasteiger partial charge in [-0.3, -0.25) is 4.79 Å². The number of nitrogens with zero attached hydrogens (tertiary/aromatic N) is 3. The smallest absolute Gasteiger partial charge is 0.274 e. The number of ether oxygens (including phenoxy) is 1. The number of anilines is 3. The van der Waals surface area contributed by atoms with E-state index in [1.54, 1.807) is 24.3 Å². The molecule has 0 radical (unpaired) electrons. The Labute approximate surface area is 168 Å². The molecule has 1 aromatic heterocycles. The summed E-state index contributed by atoms with van der Waals surface area (Å²) < 4.78 is 5.29. The van der Waals surface area contributed by atoms with Crippen molar-refractivity contribution in [2.24, 2.45) is 0 Å². The van der Waals surface area contributed by atoms with Gasteiger partial charge in [-0.2, -0.15) is 0 Å². The first-order chi connectivity index (χ1) is 13.5. The highest BCUT2D eigenvalue weighted by atomic mass is 35.5. The lowest BCUT2D eigenvalue weighted by Gasteiger charge is -2.18. The molecule has 3 aromatic rings. The molecule has 0 bridgehead atoms. The number of rotatable bonds is 4. The molecule has 142 valence electrons. The Morgan fingerprint density at radius 1 is 1.18 bits per heavy atom. The molecule has 0 saturated heterocycles. The maximum Gasteiger partial charge on any atom is 0.274 e. The van der Waals surface area contributed by atoms with Gasteiger partial charge in [-0.05, 0) is 49.2 Å². The van der Waals surface area contributed by atoms with E-state index in [2.05, 4.69) is 21.4 Å². The number of fused-ring (bicyclic) bond motifs is 1. The lowest BCUT2D eigenvalue weighted by atomic mass is 10.2. The maximum atomic E-state index is 12.8. The third-order valence-electron chi connectivity index (χ3n) is 4.61. The number of carbonyl (C=O) groups excluding carboxylic acids is 1. The standard InChI is InChI=1S/C21H19ClN4O2/c1-13-11-17(20(27)24-16-12-15(22)7-8-19(16)28-2)25-21(23-13)26-10-9-14-5-3-4-6-18(14)26/h3-8,11-12H,9-10H2,1-2H3,(H,24,27). The second-order valence-corrected chi connectivity index (χ2v) is 6.96. The number of hydrogen-bond donors (Lipinski definition) is 1. The Morgan fingerprint density at radius 3 is 2.82 bits per heavy atom. The number of nitrogens with one attached hydrogen (secondary N) is 1. The molecule has 6 nitrogen and oxygen atoms in total. The molecule has 1 aliphatic heterocycles. The number of hydrogen-bond acceptors (Lipinski definition) is 5. The van der Waals surface area contributed by atoms with E-state index in [0.717, 1.165) is 24.3 Å². The van der Waals surface area contributed by atoms with Crippen LogP contribution in [0.2, 0.25) is 5.02 Å². The average molecular weight is 395 g/mol. The third kappa shape index (κ3) is 3.51. The quantitative estimate of drug-likeness (QED) is 0.710. The summed E-state index contributed by atoms with van der Waals surface area (Å²) in [6.45, 7) is 2.63. The van der Waals surface area contributed by atoms with Crippen molar-refractivity contribution >= 4 is 34.8 Å². The van der Waals surface area contributed by atoms with E-state index in [1.165, 1.54) is 12.7 Å². The Balaban J connectivity index is 1.65. The van der Waals surface area contributed by atoms with Crippen LogP contribution in [0.25, 0.3) is 0 Å². The summed E-state index contributed by atoms with van der Waals surface area (Å²) >= 11 is 6.05. The first-order valence-electron chi connectivity index (χ1n) is 8.91. The predicted molar refractivity (Wildman–Crippen MR) is 110 cm³/mol. The molecule has 0 unspecified atom stereocenters. The van der Waals surface area contributed by atoms with Crippen LogP contribution in [-0.2, 0) is 6.42 Å². The van der Waals surface area contributed by atoms with Crippen LogP contribution in [0.3, 0.4) is 0 Å². The number of halogens is 1. The minimum atomic E-state index is -0.347. The molecule has 28 heavy (non-hydrogen) atoms. The minimum absolute atomic E-state index is 0.286. The molecule has 7 heteroatoms. The highest BCUT2D eigenvalue weighted by molar-refractivity contribution is 6.31. The van der Waals surface area contributed by atoms with Gasteiger partial charge >= 0.3 is 0 Å². The highest BCUT2D eigenvalue weighted by Crippen LogP contribution is 2.33. The zero-order chi connectivity index (χ0) is 19.7. The molecule has 0 saturated carbocycles. The van der Waals surface area contributed by atoms with Crippen molar-refractivity contribution in [3.8, 4) is 5.75 Å². The van der Waals surface area contributed by atoms with E-state index in [1.807, 2.05) is 30.0 Å². The van der Waals surface area contributed by atoms with Gasteiger partial charge in [-0.15, -0.1) is 0 Å². The topological polar surface area (TPSA) is 67.3 Å². The van der Waals surface area contributed by atoms with Crippen LogP contribution < -0.4 is 15.0 Å².